The summed E-state index contributed by atoms with van der Waals surface area (Å²) < 4.78 is 6.63. The molecule has 108 valence electrons. The summed E-state index contributed by atoms with van der Waals surface area (Å²) in [4.78, 5) is 2.53. The molecule has 2 nitrogen and oxygen atoms in total. The Balaban J connectivity index is 2.22. The number of hydrogen-bond acceptors (Lipinski definition) is 3. The molecule has 1 unspecified atom stereocenters. The Bertz CT molecular complexity index is 575. The van der Waals surface area contributed by atoms with Gasteiger partial charge in [-0.3, -0.25) is 0 Å². The van der Waals surface area contributed by atoms with E-state index in [2.05, 4.69) is 48.8 Å². The minimum absolute atomic E-state index is 0.0797. The number of benzene rings is 1. The predicted octanol–water partition coefficient (Wildman–Crippen LogP) is 4.96. The molecule has 0 saturated carbocycles. The van der Waals surface area contributed by atoms with E-state index < -0.39 is 0 Å². The van der Waals surface area contributed by atoms with Crippen LogP contribution in [0.3, 0.4) is 0 Å². The highest BCUT2D eigenvalue weighted by molar-refractivity contribution is 9.10. The van der Waals surface area contributed by atoms with Crippen molar-refractivity contribution in [3.63, 3.8) is 0 Å². The lowest BCUT2D eigenvalue weighted by atomic mass is 10.1. The van der Waals surface area contributed by atoms with Crippen LogP contribution < -0.4 is 10.5 Å². The highest BCUT2D eigenvalue weighted by Crippen LogP contribution is 2.33. The van der Waals surface area contributed by atoms with Gasteiger partial charge < -0.3 is 10.5 Å². The first-order valence-corrected chi connectivity index (χ1v) is 8.38. The summed E-state index contributed by atoms with van der Waals surface area (Å²) in [6, 6.07) is 8.19. The van der Waals surface area contributed by atoms with E-state index in [4.69, 9.17) is 10.5 Å². The topological polar surface area (TPSA) is 35.2 Å². The van der Waals surface area contributed by atoms with Crippen LogP contribution in [0.1, 0.15) is 40.3 Å². The zero-order valence-corrected chi connectivity index (χ0v) is 14.5. The fourth-order valence-corrected chi connectivity index (χ4v) is 3.54. The second-order valence-corrected chi connectivity index (χ2v) is 7.05. The fourth-order valence-electron chi connectivity index (χ4n) is 1.96. The average Bonchev–Trinajstić information content (AvgIpc) is 2.76. The molecule has 1 aromatic carbocycles. The fraction of sp³-hybridized carbons (Fsp3) is 0.375. The quantitative estimate of drug-likeness (QED) is 0.823. The molecule has 1 atom stereocenters. The number of nitrogens with two attached hydrogens (primary N) is 1. The van der Waals surface area contributed by atoms with Gasteiger partial charge in [0.1, 0.15) is 5.75 Å². The van der Waals surface area contributed by atoms with Gasteiger partial charge in [0, 0.05) is 9.75 Å². The lowest BCUT2D eigenvalue weighted by Gasteiger charge is -2.13. The summed E-state index contributed by atoms with van der Waals surface area (Å²) in [5.74, 6) is 0.876. The SMILES string of the molecule is CCCOc1ccc(C(N)c2cc(C)c(C)s2)cc1Br. The van der Waals surface area contributed by atoms with Gasteiger partial charge >= 0.3 is 0 Å². The molecule has 0 fully saturated rings. The van der Waals surface area contributed by atoms with Gasteiger partial charge in [-0.15, -0.1) is 11.3 Å². The first-order chi connectivity index (χ1) is 9.52. The molecule has 2 N–H and O–H groups in total. The van der Waals surface area contributed by atoms with Crippen molar-refractivity contribution in [1.82, 2.24) is 0 Å². The van der Waals surface area contributed by atoms with Crippen LogP contribution >= 0.6 is 27.3 Å². The van der Waals surface area contributed by atoms with E-state index in [1.807, 2.05) is 12.1 Å². The molecule has 2 aromatic rings. The summed E-state index contributed by atoms with van der Waals surface area (Å²) >= 11 is 5.33. The van der Waals surface area contributed by atoms with Crippen LogP contribution in [0, 0.1) is 13.8 Å². The van der Waals surface area contributed by atoms with Gasteiger partial charge in [-0.25, -0.2) is 0 Å². The minimum atomic E-state index is -0.0797. The Morgan fingerprint density at radius 1 is 1.30 bits per heavy atom. The van der Waals surface area contributed by atoms with Gasteiger partial charge in [-0.1, -0.05) is 13.0 Å². The first-order valence-electron chi connectivity index (χ1n) is 6.77. The molecule has 0 aliphatic carbocycles. The van der Waals surface area contributed by atoms with E-state index >= 15 is 0 Å². The van der Waals surface area contributed by atoms with Crippen LogP contribution in [0.5, 0.6) is 5.75 Å². The van der Waals surface area contributed by atoms with E-state index in [1.165, 1.54) is 15.3 Å². The maximum atomic E-state index is 6.37. The van der Waals surface area contributed by atoms with Gasteiger partial charge in [0.15, 0.2) is 0 Å². The van der Waals surface area contributed by atoms with Gasteiger partial charge in [-0.05, 0) is 65.5 Å². The smallest absolute Gasteiger partial charge is 0.133 e. The van der Waals surface area contributed by atoms with E-state index in [0.717, 1.165) is 28.8 Å². The van der Waals surface area contributed by atoms with Crippen molar-refractivity contribution < 1.29 is 4.74 Å². The maximum absolute atomic E-state index is 6.37. The molecule has 4 heteroatoms. The Labute approximate surface area is 133 Å². The highest BCUT2D eigenvalue weighted by atomic mass is 79.9. The molecule has 1 aromatic heterocycles. The van der Waals surface area contributed by atoms with E-state index in [-0.39, 0.29) is 6.04 Å². The molecule has 0 amide bonds. The third-order valence-corrected chi connectivity index (χ3v) is 5.12. The van der Waals surface area contributed by atoms with Crippen LogP contribution in [-0.4, -0.2) is 6.61 Å². The van der Waals surface area contributed by atoms with Gasteiger partial charge in [0.25, 0.3) is 0 Å². The van der Waals surface area contributed by atoms with Crippen LogP contribution in [0.2, 0.25) is 0 Å². The first kappa shape index (κ1) is 15.5. The predicted molar refractivity (Wildman–Crippen MR) is 89.8 cm³/mol. The van der Waals surface area contributed by atoms with Crippen LogP contribution in [-0.2, 0) is 0 Å². The van der Waals surface area contributed by atoms with Crippen molar-refractivity contribution in [1.29, 1.82) is 0 Å². The van der Waals surface area contributed by atoms with Crippen LogP contribution in [0.25, 0.3) is 0 Å². The monoisotopic (exact) mass is 353 g/mol. The standard InChI is InChI=1S/C16H20BrNOS/c1-4-7-19-14-6-5-12(9-13(14)17)16(18)15-8-10(2)11(3)20-15/h5-6,8-9,16H,4,7,18H2,1-3H3. The molecular weight excluding hydrogens is 334 g/mol. The Hall–Kier alpha value is -0.840. The molecule has 0 aliphatic heterocycles. The van der Waals surface area contributed by atoms with Gasteiger partial charge in [-0.2, -0.15) is 0 Å². The summed E-state index contributed by atoms with van der Waals surface area (Å²) in [5.41, 5.74) is 8.77. The lowest BCUT2D eigenvalue weighted by Crippen LogP contribution is -2.10. The molecule has 2 rings (SSSR count). The van der Waals surface area contributed by atoms with Gasteiger partial charge in [0.05, 0.1) is 17.1 Å². The summed E-state index contributed by atoms with van der Waals surface area (Å²) in [5, 5.41) is 0. The van der Waals surface area contributed by atoms with Crippen molar-refractivity contribution in [2.24, 2.45) is 5.73 Å². The van der Waals surface area contributed by atoms with Crippen molar-refractivity contribution in [3.05, 3.63) is 49.6 Å². The summed E-state index contributed by atoms with van der Waals surface area (Å²) in [7, 11) is 0. The van der Waals surface area contributed by atoms with Crippen molar-refractivity contribution >= 4 is 27.3 Å². The van der Waals surface area contributed by atoms with Crippen LogP contribution in [0.15, 0.2) is 28.7 Å². The van der Waals surface area contributed by atoms with Crippen molar-refractivity contribution in [2.45, 2.75) is 33.2 Å². The molecular formula is C16H20BrNOS. The third kappa shape index (κ3) is 3.43. The second kappa shape index (κ2) is 6.74. The van der Waals surface area contributed by atoms with E-state index in [0.29, 0.717) is 0 Å². The molecule has 0 bridgehead atoms. The zero-order chi connectivity index (χ0) is 14.7. The summed E-state index contributed by atoms with van der Waals surface area (Å²) in [6.45, 7) is 7.08. The number of ether oxygens (including phenoxy) is 1. The second-order valence-electron chi connectivity index (χ2n) is 4.90. The maximum Gasteiger partial charge on any atom is 0.133 e. The van der Waals surface area contributed by atoms with Crippen molar-refractivity contribution in [2.75, 3.05) is 6.61 Å². The number of rotatable bonds is 5. The van der Waals surface area contributed by atoms with Crippen molar-refractivity contribution in [3.8, 4) is 5.75 Å². The number of halogens is 1. The Kier molecular flexibility index (Phi) is 5.24. The van der Waals surface area contributed by atoms with Crippen LogP contribution in [0.4, 0.5) is 0 Å². The Morgan fingerprint density at radius 2 is 2.05 bits per heavy atom. The van der Waals surface area contributed by atoms with E-state index in [9.17, 15) is 0 Å². The molecule has 0 saturated heterocycles. The number of aryl methyl sites for hydroxylation is 2. The highest BCUT2D eigenvalue weighted by Gasteiger charge is 2.14. The average molecular weight is 354 g/mol. The lowest BCUT2D eigenvalue weighted by molar-refractivity contribution is 0.315. The minimum Gasteiger partial charge on any atom is -0.492 e. The Morgan fingerprint density at radius 3 is 2.60 bits per heavy atom. The van der Waals surface area contributed by atoms with E-state index in [1.54, 1.807) is 11.3 Å². The zero-order valence-electron chi connectivity index (χ0n) is 12.1. The summed E-state index contributed by atoms with van der Waals surface area (Å²) in [6.07, 6.45) is 1.00. The third-order valence-electron chi connectivity index (χ3n) is 3.27. The molecule has 20 heavy (non-hydrogen) atoms. The number of thiophene rings is 1. The molecule has 0 radical (unpaired) electrons. The number of hydrogen-bond donors (Lipinski definition) is 1. The molecule has 0 spiro atoms. The normalized spacial score (nSPS) is 12.4. The van der Waals surface area contributed by atoms with Gasteiger partial charge in [0.2, 0.25) is 0 Å². The largest absolute Gasteiger partial charge is 0.492 e. The molecule has 0 aliphatic rings. The molecule has 1 heterocycles.